The Labute approximate surface area is 187 Å². The van der Waals surface area contributed by atoms with Crippen LogP contribution in [0.2, 0.25) is 0 Å². The Kier molecular flexibility index (Phi) is 7.34. The molecule has 170 valence electrons. The number of hydrogen-bond acceptors (Lipinski definition) is 5. The molecule has 1 atom stereocenters. The molecular weight excluding hydrogens is 411 g/mol. The summed E-state index contributed by atoms with van der Waals surface area (Å²) in [6, 6.07) is 13.5. The number of piperazine rings is 1. The van der Waals surface area contributed by atoms with Crippen molar-refractivity contribution in [3.63, 3.8) is 0 Å². The van der Waals surface area contributed by atoms with Crippen LogP contribution in [0, 0.1) is 5.82 Å². The van der Waals surface area contributed by atoms with E-state index in [9.17, 15) is 14.0 Å². The Morgan fingerprint density at radius 3 is 2.56 bits per heavy atom. The fourth-order valence-corrected chi connectivity index (χ4v) is 4.06. The second kappa shape index (κ2) is 10.6. The summed E-state index contributed by atoms with van der Waals surface area (Å²) >= 11 is 0. The molecule has 2 aromatic rings. The van der Waals surface area contributed by atoms with Gasteiger partial charge >= 0.3 is 0 Å². The summed E-state index contributed by atoms with van der Waals surface area (Å²) in [5, 5.41) is 5.79. The van der Waals surface area contributed by atoms with Gasteiger partial charge in [-0.25, -0.2) is 4.39 Å². The minimum absolute atomic E-state index is 0.164. The van der Waals surface area contributed by atoms with Crippen LogP contribution < -0.4 is 15.5 Å². The van der Waals surface area contributed by atoms with Gasteiger partial charge in [0.25, 0.3) is 11.8 Å². The van der Waals surface area contributed by atoms with E-state index < -0.39 is 6.10 Å². The van der Waals surface area contributed by atoms with Gasteiger partial charge < -0.3 is 20.3 Å². The summed E-state index contributed by atoms with van der Waals surface area (Å²) in [5.74, 6) is -0.554. The summed E-state index contributed by atoms with van der Waals surface area (Å²) in [4.78, 5) is 29.3. The molecule has 7 nitrogen and oxygen atoms in total. The van der Waals surface area contributed by atoms with E-state index in [1.165, 1.54) is 12.1 Å². The molecule has 0 saturated carbocycles. The zero-order valence-corrected chi connectivity index (χ0v) is 18.1. The van der Waals surface area contributed by atoms with Crippen molar-refractivity contribution in [1.82, 2.24) is 10.2 Å². The van der Waals surface area contributed by atoms with Crippen molar-refractivity contribution in [1.29, 1.82) is 0 Å². The highest BCUT2D eigenvalue weighted by molar-refractivity contribution is 5.98. The number of nitrogens with one attached hydrogen (secondary N) is 2. The lowest BCUT2D eigenvalue weighted by molar-refractivity contribution is -0.124. The summed E-state index contributed by atoms with van der Waals surface area (Å²) in [6.07, 6.45) is 1.21. The molecule has 32 heavy (non-hydrogen) atoms. The number of ether oxygens (including phenoxy) is 1. The maximum Gasteiger partial charge on any atom is 0.253 e. The molecule has 1 unspecified atom stereocenters. The Bertz CT molecular complexity index is 923. The number of halogens is 1. The molecule has 2 aromatic carbocycles. The van der Waals surface area contributed by atoms with Crippen molar-refractivity contribution in [2.24, 2.45) is 0 Å². The second-order valence-corrected chi connectivity index (χ2v) is 8.13. The van der Waals surface area contributed by atoms with Crippen LogP contribution in [0.5, 0.6) is 0 Å². The predicted octanol–water partition coefficient (Wildman–Crippen LogP) is 2.50. The van der Waals surface area contributed by atoms with E-state index in [-0.39, 0.29) is 17.6 Å². The van der Waals surface area contributed by atoms with Crippen LogP contribution in [-0.2, 0) is 9.53 Å². The normalized spacial score (nSPS) is 19.0. The van der Waals surface area contributed by atoms with Crippen molar-refractivity contribution >= 4 is 23.2 Å². The number of nitrogens with zero attached hydrogens (tertiary/aromatic N) is 2. The number of carbonyl (C=O) groups excluding carboxylic acids is 2. The van der Waals surface area contributed by atoms with E-state index >= 15 is 0 Å². The van der Waals surface area contributed by atoms with E-state index in [2.05, 4.69) is 20.4 Å². The molecule has 2 aliphatic heterocycles. The third kappa shape index (κ3) is 5.83. The van der Waals surface area contributed by atoms with Crippen LogP contribution in [0.25, 0.3) is 0 Å². The standard InChI is InChI=1S/C24H29FN4O3/c25-19-6-8-21(9-7-19)29-14-12-28(13-15-29)11-10-26-23(30)18-3-1-4-20(17-18)27-24(31)22-5-2-16-32-22/h1,3-4,6-9,17,22H,2,5,10-16H2,(H,26,30)(H,27,31). The van der Waals surface area contributed by atoms with Crippen molar-refractivity contribution in [2.45, 2.75) is 18.9 Å². The van der Waals surface area contributed by atoms with E-state index in [0.29, 0.717) is 24.4 Å². The highest BCUT2D eigenvalue weighted by Crippen LogP contribution is 2.18. The first-order valence-electron chi connectivity index (χ1n) is 11.1. The van der Waals surface area contributed by atoms with Crippen LogP contribution in [-0.4, -0.2) is 68.7 Å². The first-order chi connectivity index (χ1) is 15.6. The minimum Gasteiger partial charge on any atom is -0.369 e. The summed E-state index contributed by atoms with van der Waals surface area (Å²) in [5.41, 5.74) is 2.14. The fraction of sp³-hybridized carbons (Fsp3) is 0.417. The summed E-state index contributed by atoms with van der Waals surface area (Å²) in [7, 11) is 0. The van der Waals surface area contributed by atoms with E-state index in [1.54, 1.807) is 24.3 Å². The van der Waals surface area contributed by atoms with E-state index in [1.807, 2.05) is 12.1 Å². The first-order valence-corrected chi connectivity index (χ1v) is 11.1. The molecule has 2 saturated heterocycles. The highest BCUT2D eigenvalue weighted by atomic mass is 19.1. The van der Waals surface area contributed by atoms with Gasteiger partial charge in [-0.15, -0.1) is 0 Å². The van der Waals surface area contributed by atoms with Gasteiger partial charge in [0.1, 0.15) is 11.9 Å². The molecular formula is C24H29FN4O3. The average Bonchev–Trinajstić information content (AvgIpc) is 3.36. The van der Waals surface area contributed by atoms with Crippen LogP contribution >= 0.6 is 0 Å². The van der Waals surface area contributed by atoms with Gasteiger partial charge in [-0.05, 0) is 55.3 Å². The van der Waals surface area contributed by atoms with Crippen LogP contribution in [0.15, 0.2) is 48.5 Å². The Balaban J connectivity index is 1.20. The molecule has 4 rings (SSSR count). The largest absolute Gasteiger partial charge is 0.369 e. The third-order valence-electron chi connectivity index (χ3n) is 5.89. The van der Waals surface area contributed by atoms with Crippen molar-refractivity contribution in [2.75, 3.05) is 56.1 Å². The average molecular weight is 441 g/mol. The lowest BCUT2D eigenvalue weighted by Gasteiger charge is -2.36. The van der Waals surface area contributed by atoms with Gasteiger partial charge in [0.15, 0.2) is 0 Å². The molecule has 0 aromatic heterocycles. The number of hydrogen-bond donors (Lipinski definition) is 2. The first kappa shape index (κ1) is 22.2. The van der Waals surface area contributed by atoms with Gasteiger partial charge in [-0.1, -0.05) is 6.07 Å². The quantitative estimate of drug-likeness (QED) is 0.692. The third-order valence-corrected chi connectivity index (χ3v) is 5.89. The maximum atomic E-state index is 13.1. The van der Waals surface area contributed by atoms with E-state index in [0.717, 1.165) is 51.3 Å². The fourth-order valence-electron chi connectivity index (χ4n) is 4.06. The topological polar surface area (TPSA) is 73.9 Å². The number of amides is 2. The molecule has 0 radical (unpaired) electrons. The van der Waals surface area contributed by atoms with Gasteiger partial charge in [0.2, 0.25) is 0 Å². The van der Waals surface area contributed by atoms with Crippen molar-refractivity contribution in [3.05, 3.63) is 59.9 Å². The number of rotatable bonds is 7. The number of benzene rings is 2. The molecule has 8 heteroatoms. The van der Waals surface area contributed by atoms with Crippen LogP contribution in [0.4, 0.5) is 15.8 Å². The van der Waals surface area contributed by atoms with Gasteiger partial charge in [-0.2, -0.15) is 0 Å². The van der Waals surface area contributed by atoms with Crippen molar-refractivity contribution in [3.8, 4) is 0 Å². The summed E-state index contributed by atoms with van der Waals surface area (Å²) < 4.78 is 18.5. The Morgan fingerprint density at radius 2 is 1.84 bits per heavy atom. The molecule has 2 amide bonds. The molecule has 0 spiro atoms. The minimum atomic E-state index is -0.406. The monoisotopic (exact) mass is 440 g/mol. The molecule has 2 N–H and O–H groups in total. The van der Waals surface area contributed by atoms with Gasteiger partial charge in [0, 0.05) is 62.8 Å². The number of carbonyl (C=O) groups is 2. The molecule has 0 bridgehead atoms. The lowest BCUT2D eigenvalue weighted by Crippen LogP contribution is -2.48. The molecule has 2 heterocycles. The second-order valence-electron chi connectivity index (χ2n) is 8.13. The summed E-state index contributed by atoms with van der Waals surface area (Å²) in [6.45, 7) is 5.43. The van der Waals surface area contributed by atoms with Crippen LogP contribution in [0.3, 0.4) is 0 Å². The maximum absolute atomic E-state index is 13.1. The Hall–Kier alpha value is -2.97. The molecule has 0 aliphatic carbocycles. The van der Waals surface area contributed by atoms with Crippen molar-refractivity contribution < 1.29 is 18.7 Å². The SMILES string of the molecule is O=C(NCCN1CCN(c2ccc(F)cc2)CC1)c1cccc(NC(=O)C2CCCO2)c1. The lowest BCUT2D eigenvalue weighted by atomic mass is 10.1. The predicted molar refractivity (Wildman–Crippen MR) is 121 cm³/mol. The highest BCUT2D eigenvalue weighted by Gasteiger charge is 2.23. The van der Waals surface area contributed by atoms with Gasteiger partial charge in [0.05, 0.1) is 0 Å². The van der Waals surface area contributed by atoms with E-state index in [4.69, 9.17) is 4.74 Å². The molecule has 2 aliphatic rings. The zero-order valence-electron chi connectivity index (χ0n) is 18.1. The smallest absolute Gasteiger partial charge is 0.253 e. The van der Waals surface area contributed by atoms with Gasteiger partial charge in [-0.3, -0.25) is 14.5 Å². The zero-order chi connectivity index (χ0) is 22.3. The van der Waals surface area contributed by atoms with Crippen LogP contribution in [0.1, 0.15) is 23.2 Å². The molecule has 2 fully saturated rings. The number of anilines is 2. The Morgan fingerprint density at radius 1 is 1.06 bits per heavy atom.